The third kappa shape index (κ3) is 1.70. The molecule has 2 aromatic rings. The van der Waals surface area contributed by atoms with Crippen molar-refractivity contribution in [2.45, 2.75) is 12.8 Å². The lowest BCUT2D eigenvalue weighted by Crippen LogP contribution is -1.88. The summed E-state index contributed by atoms with van der Waals surface area (Å²) in [5.41, 5.74) is 7.79. The zero-order valence-electron chi connectivity index (χ0n) is 7.73. The van der Waals surface area contributed by atoms with Gasteiger partial charge in [0.1, 0.15) is 5.52 Å². The number of benzene rings is 1. The van der Waals surface area contributed by atoms with Gasteiger partial charge in [-0.1, -0.05) is 0 Å². The number of rotatable bonds is 3. The molecule has 0 saturated carbocycles. The van der Waals surface area contributed by atoms with E-state index in [2.05, 4.69) is 4.98 Å². The molecular formula is C10H12N2O2. The van der Waals surface area contributed by atoms with Crippen LogP contribution in [0, 0.1) is 0 Å². The molecule has 1 aromatic carbocycles. The van der Waals surface area contributed by atoms with Gasteiger partial charge in [0, 0.05) is 24.8 Å². The molecule has 0 aliphatic heterocycles. The molecule has 1 aromatic heterocycles. The lowest BCUT2D eigenvalue weighted by Gasteiger charge is -1.89. The van der Waals surface area contributed by atoms with Crippen LogP contribution in [0.5, 0.6) is 0 Å². The highest BCUT2D eigenvalue weighted by Crippen LogP contribution is 2.18. The number of anilines is 1. The Labute approximate surface area is 81.4 Å². The van der Waals surface area contributed by atoms with Crippen LogP contribution >= 0.6 is 0 Å². The number of nitrogen functional groups attached to an aromatic ring is 1. The first kappa shape index (κ1) is 9.02. The molecule has 4 nitrogen and oxygen atoms in total. The first-order valence-corrected chi connectivity index (χ1v) is 4.55. The fourth-order valence-electron chi connectivity index (χ4n) is 1.33. The van der Waals surface area contributed by atoms with E-state index in [1.807, 2.05) is 6.07 Å². The highest BCUT2D eigenvalue weighted by molar-refractivity contribution is 5.76. The van der Waals surface area contributed by atoms with E-state index >= 15 is 0 Å². The first-order valence-electron chi connectivity index (χ1n) is 4.55. The van der Waals surface area contributed by atoms with Crippen molar-refractivity contribution in [2.75, 3.05) is 12.3 Å². The van der Waals surface area contributed by atoms with Gasteiger partial charge in [0.05, 0.1) is 0 Å². The van der Waals surface area contributed by atoms with E-state index in [4.69, 9.17) is 15.3 Å². The average molecular weight is 192 g/mol. The highest BCUT2D eigenvalue weighted by Gasteiger charge is 2.04. The van der Waals surface area contributed by atoms with Crippen LogP contribution in [0.4, 0.5) is 5.69 Å². The molecule has 2 rings (SSSR count). The van der Waals surface area contributed by atoms with E-state index in [0.29, 0.717) is 30.0 Å². The Kier molecular flexibility index (Phi) is 2.37. The van der Waals surface area contributed by atoms with Crippen LogP contribution in [0.1, 0.15) is 12.3 Å². The van der Waals surface area contributed by atoms with Crippen molar-refractivity contribution in [3.8, 4) is 0 Å². The predicted octanol–water partition coefficient (Wildman–Crippen LogP) is 1.33. The Bertz CT molecular complexity index is 437. The molecule has 1 heterocycles. The van der Waals surface area contributed by atoms with Crippen LogP contribution in [0.3, 0.4) is 0 Å². The molecule has 0 bridgehead atoms. The third-order valence-corrected chi connectivity index (χ3v) is 2.01. The number of aliphatic hydroxyl groups excluding tert-OH is 1. The number of oxazole rings is 1. The van der Waals surface area contributed by atoms with Crippen molar-refractivity contribution in [3.05, 3.63) is 24.1 Å². The van der Waals surface area contributed by atoms with Crippen molar-refractivity contribution >= 4 is 16.8 Å². The fourth-order valence-corrected chi connectivity index (χ4v) is 1.33. The topological polar surface area (TPSA) is 72.3 Å². The Hall–Kier alpha value is -1.55. The molecule has 0 aliphatic rings. The van der Waals surface area contributed by atoms with Gasteiger partial charge >= 0.3 is 0 Å². The highest BCUT2D eigenvalue weighted by atomic mass is 16.3. The summed E-state index contributed by atoms with van der Waals surface area (Å²) in [5.74, 6) is 0.652. The quantitative estimate of drug-likeness (QED) is 0.720. The van der Waals surface area contributed by atoms with E-state index in [0.717, 1.165) is 5.52 Å². The zero-order valence-corrected chi connectivity index (χ0v) is 7.73. The van der Waals surface area contributed by atoms with Gasteiger partial charge in [-0.3, -0.25) is 0 Å². The number of hydrogen-bond donors (Lipinski definition) is 2. The molecule has 0 atom stereocenters. The van der Waals surface area contributed by atoms with Crippen LogP contribution in [-0.2, 0) is 6.42 Å². The van der Waals surface area contributed by atoms with Crippen molar-refractivity contribution in [2.24, 2.45) is 0 Å². The summed E-state index contributed by atoms with van der Waals surface area (Å²) in [5, 5.41) is 8.66. The van der Waals surface area contributed by atoms with E-state index in [9.17, 15) is 0 Å². The Balaban J connectivity index is 2.32. The molecule has 0 radical (unpaired) electrons. The maximum absolute atomic E-state index is 8.66. The molecular weight excluding hydrogens is 180 g/mol. The molecule has 0 fully saturated rings. The van der Waals surface area contributed by atoms with Gasteiger partial charge in [-0.15, -0.1) is 0 Å². The fraction of sp³-hybridized carbons (Fsp3) is 0.300. The van der Waals surface area contributed by atoms with Gasteiger partial charge in [-0.25, -0.2) is 4.98 Å². The van der Waals surface area contributed by atoms with E-state index in [-0.39, 0.29) is 6.61 Å². The Morgan fingerprint density at radius 2 is 2.29 bits per heavy atom. The zero-order chi connectivity index (χ0) is 9.97. The molecule has 4 heteroatoms. The summed E-state index contributed by atoms with van der Waals surface area (Å²) in [4.78, 5) is 4.26. The van der Waals surface area contributed by atoms with Gasteiger partial charge < -0.3 is 15.3 Å². The SMILES string of the molecule is Nc1ccc2nc(CCCO)oc2c1. The number of nitrogens with zero attached hydrogens (tertiary/aromatic N) is 1. The number of aliphatic hydroxyl groups is 1. The van der Waals surface area contributed by atoms with Gasteiger partial charge in [0.2, 0.25) is 0 Å². The number of nitrogens with two attached hydrogens (primary N) is 1. The van der Waals surface area contributed by atoms with Crippen LogP contribution < -0.4 is 5.73 Å². The molecule has 74 valence electrons. The maximum atomic E-state index is 8.66. The summed E-state index contributed by atoms with van der Waals surface area (Å²) in [6, 6.07) is 5.38. The van der Waals surface area contributed by atoms with Gasteiger partial charge in [0.15, 0.2) is 11.5 Å². The first-order chi connectivity index (χ1) is 6.79. The van der Waals surface area contributed by atoms with Crippen LogP contribution in [0.25, 0.3) is 11.1 Å². The van der Waals surface area contributed by atoms with Gasteiger partial charge in [-0.05, 0) is 18.6 Å². The molecule has 3 N–H and O–H groups in total. The summed E-state index contributed by atoms with van der Waals surface area (Å²) >= 11 is 0. The van der Waals surface area contributed by atoms with E-state index < -0.39 is 0 Å². The van der Waals surface area contributed by atoms with Gasteiger partial charge in [0.25, 0.3) is 0 Å². The predicted molar refractivity (Wildman–Crippen MR) is 53.8 cm³/mol. The molecule has 0 unspecified atom stereocenters. The number of aryl methyl sites for hydroxylation is 1. The summed E-state index contributed by atoms with van der Waals surface area (Å²) in [6.45, 7) is 0.154. The normalized spacial score (nSPS) is 10.9. The minimum atomic E-state index is 0.154. The number of aromatic nitrogens is 1. The Morgan fingerprint density at radius 1 is 1.43 bits per heavy atom. The number of fused-ring (bicyclic) bond motifs is 1. The monoisotopic (exact) mass is 192 g/mol. The van der Waals surface area contributed by atoms with Crippen molar-refractivity contribution in [1.29, 1.82) is 0 Å². The molecule has 14 heavy (non-hydrogen) atoms. The van der Waals surface area contributed by atoms with Crippen LogP contribution in [0.2, 0.25) is 0 Å². The summed E-state index contributed by atoms with van der Waals surface area (Å²) in [6.07, 6.45) is 1.33. The lowest BCUT2D eigenvalue weighted by atomic mass is 10.3. The third-order valence-electron chi connectivity index (χ3n) is 2.01. The smallest absolute Gasteiger partial charge is 0.195 e. The van der Waals surface area contributed by atoms with Crippen LogP contribution in [0.15, 0.2) is 22.6 Å². The molecule has 0 aliphatic carbocycles. The second-order valence-corrected chi connectivity index (χ2v) is 3.16. The largest absolute Gasteiger partial charge is 0.441 e. The van der Waals surface area contributed by atoms with E-state index in [1.165, 1.54) is 0 Å². The summed E-state index contributed by atoms with van der Waals surface area (Å²) in [7, 11) is 0. The standard InChI is InChI=1S/C10H12N2O2/c11-7-3-4-8-9(6-7)14-10(12-8)2-1-5-13/h3-4,6,13H,1-2,5,11H2. The molecule has 0 amide bonds. The molecule has 0 spiro atoms. The second kappa shape index (κ2) is 3.67. The van der Waals surface area contributed by atoms with Crippen molar-refractivity contribution in [3.63, 3.8) is 0 Å². The van der Waals surface area contributed by atoms with Crippen molar-refractivity contribution in [1.82, 2.24) is 4.98 Å². The van der Waals surface area contributed by atoms with Crippen molar-refractivity contribution < 1.29 is 9.52 Å². The Morgan fingerprint density at radius 3 is 3.07 bits per heavy atom. The second-order valence-electron chi connectivity index (χ2n) is 3.16. The van der Waals surface area contributed by atoms with E-state index in [1.54, 1.807) is 12.1 Å². The minimum absolute atomic E-state index is 0.154. The maximum Gasteiger partial charge on any atom is 0.195 e. The van der Waals surface area contributed by atoms with Gasteiger partial charge in [-0.2, -0.15) is 0 Å². The molecule has 0 saturated heterocycles. The number of hydrogen-bond acceptors (Lipinski definition) is 4. The lowest BCUT2D eigenvalue weighted by molar-refractivity contribution is 0.284. The minimum Gasteiger partial charge on any atom is -0.441 e. The summed E-state index contributed by atoms with van der Waals surface area (Å²) < 4.78 is 5.45. The van der Waals surface area contributed by atoms with Crippen LogP contribution in [-0.4, -0.2) is 16.7 Å². The average Bonchev–Trinajstić information content (AvgIpc) is 2.56.